The Morgan fingerprint density at radius 2 is 2.35 bits per heavy atom. The highest BCUT2D eigenvalue weighted by Crippen LogP contribution is 2.14. The molecule has 0 radical (unpaired) electrons. The van der Waals surface area contributed by atoms with Gasteiger partial charge in [-0.05, 0) is 37.9 Å². The summed E-state index contributed by atoms with van der Waals surface area (Å²) in [5.41, 5.74) is 1.85. The van der Waals surface area contributed by atoms with E-state index in [2.05, 4.69) is 15.6 Å². The van der Waals surface area contributed by atoms with Gasteiger partial charge in [0.2, 0.25) is 5.91 Å². The molecule has 0 saturated carbocycles. The van der Waals surface area contributed by atoms with Crippen molar-refractivity contribution in [2.45, 2.75) is 38.6 Å². The van der Waals surface area contributed by atoms with Crippen molar-refractivity contribution in [3.8, 4) is 0 Å². The lowest BCUT2D eigenvalue weighted by Gasteiger charge is -2.16. The standard InChI is InChI=1S/C13H19N3O/c1-10-9-14-8-6-11(10)16-13(17)12-5-3-2-4-7-15-12/h6,8-9,12,15H,2-5,7H2,1H3,(H,14,16,17). The van der Waals surface area contributed by atoms with E-state index in [0.29, 0.717) is 0 Å². The van der Waals surface area contributed by atoms with Crippen molar-refractivity contribution in [2.24, 2.45) is 0 Å². The van der Waals surface area contributed by atoms with Crippen molar-refractivity contribution in [2.75, 3.05) is 11.9 Å². The van der Waals surface area contributed by atoms with Gasteiger partial charge < -0.3 is 10.6 Å². The van der Waals surface area contributed by atoms with Crippen LogP contribution in [-0.2, 0) is 4.79 Å². The summed E-state index contributed by atoms with van der Waals surface area (Å²) in [6.45, 7) is 2.89. The molecular weight excluding hydrogens is 214 g/mol. The maximum atomic E-state index is 12.1. The number of anilines is 1. The van der Waals surface area contributed by atoms with E-state index >= 15 is 0 Å². The molecule has 2 rings (SSSR count). The fourth-order valence-corrected chi connectivity index (χ4v) is 2.09. The first-order valence-corrected chi connectivity index (χ1v) is 6.22. The first-order chi connectivity index (χ1) is 8.27. The monoisotopic (exact) mass is 233 g/mol. The highest BCUT2D eigenvalue weighted by atomic mass is 16.2. The molecule has 0 aromatic carbocycles. The third-order valence-electron chi connectivity index (χ3n) is 3.15. The molecule has 2 N–H and O–H groups in total. The highest BCUT2D eigenvalue weighted by molar-refractivity contribution is 5.95. The van der Waals surface area contributed by atoms with E-state index in [9.17, 15) is 4.79 Å². The molecule has 1 aliphatic rings. The summed E-state index contributed by atoms with van der Waals surface area (Å²) in [7, 11) is 0. The van der Waals surface area contributed by atoms with Crippen LogP contribution < -0.4 is 10.6 Å². The van der Waals surface area contributed by atoms with Crippen LogP contribution in [0.5, 0.6) is 0 Å². The minimum atomic E-state index is -0.0509. The number of carbonyl (C=O) groups excluding carboxylic acids is 1. The predicted molar refractivity (Wildman–Crippen MR) is 67.9 cm³/mol. The van der Waals surface area contributed by atoms with Gasteiger partial charge in [-0.1, -0.05) is 12.8 Å². The molecule has 1 aromatic heterocycles. The SMILES string of the molecule is Cc1cnccc1NC(=O)C1CCCCCN1. The normalized spacial score (nSPS) is 20.6. The number of nitrogens with zero attached hydrogens (tertiary/aromatic N) is 1. The third-order valence-corrected chi connectivity index (χ3v) is 3.15. The van der Waals surface area contributed by atoms with Gasteiger partial charge in [0, 0.05) is 18.1 Å². The summed E-state index contributed by atoms with van der Waals surface area (Å²) in [5.74, 6) is 0.0706. The van der Waals surface area contributed by atoms with Gasteiger partial charge in [-0.25, -0.2) is 0 Å². The molecule has 92 valence electrons. The molecule has 0 aliphatic carbocycles. The van der Waals surface area contributed by atoms with Gasteiger partial charge in [0.25, 0.3) is 0 Å². The molecule has 4 heteroatoms. The van der Waals surface area contributed by atoms with Crippen LogP contribution in [0.2, 0.25) is 0 Å². The Morgan fingerprint density at radius 1 is 1.47 bits per heavy atom. The topological polar surface area (TPSA) is 54.0 Å². The van der Waals surface area contributed by atoms with Crippen molar-refractivity contribution < 1.29 is 4.79 Å². The molecule has 2 heterocycles. The predicted octanol–water partition coefficient (Wildman–Crippen LogP) is 1.86. The zero-order chi connectivity index (χ0) is 12.1. The Balaban J connectivity index is 1.98. The number of carbonyl (C=O) groups is 1. The van der Waals surface area contributed by atoms with Crippen LogP contribution in [0.3, 0.4) is 0 Å². The summed E-state index contributed by atoms with van der Waals surface area (Å²) in [4.78, 5) is 16.1. The quantitative estimate of drug-likeness (QED) is 0.819. The minimum absolute atomic E-state index is 0.0509. The number of hydrogen-bond donors (Lipinski definition) is 2. The van der Waals surface area contributed by atoms with Crippen LogP contribution >= 0.6 is 0 Å². The zero-order valence-electron chi connectivity index (χ0n) is 10.2. The first kappa shape index (κ1) is 12.0. The largest absolute Gasteiger partial charge is 0.324 e. The smallest absolute Gasteiger partial charge is 0.241 e. The molecule has 17 heavy (non-hydrogen) atoms. The lowest BCUT2D eigenvalue weighted by atomic mass is 10.1. The number of rotatable bonds is 2. The van der Waals surface area contributed by atoms with Crippen molar-refractivity contribution >= 4 is 11.6 Å². The van der Waals surface area contributed by atoms with Gasteiger partial charge in [0.05, 0.1) is 6.04 Å². The van der Waals surface area contributed by atoms with E-state index in [1.165, 1.54) is 6.42 Å². The van der Waals surface area contributed by atoms with Gasteiger partial charge >= 0.3 is 0 Å². The second kappa shape index (κ2) is 5.77. The van der Waals surface area contributed by atoms with Crippen LogP contribution in [0.4, 0.5) is 5.69 Å². The molecule has 1 saturated heterocycles. The lowest BCUT2D eigenvalue weighted by Crippen LogP contribution is -2.39. The number of pyridine rings is 1. The average Bonchev–Trinajstić information content (AvgIpc) is 2.61. The van der Waals surface area contributed by atoms with Crippen molar-refractivity contribution in [3.63, 3.8) is 0 Å². The second-order valence-electron chi connectivity index (χ2n) is 4.54. The third kappa shape index (κ3) is 3.27. The molecule has 4 nitrogen and oxygen atoms in total. The molecule has 1 amide bonds. The van der Waals surface area contributed by atoms with Crippen molar-refractivity contribution in [1.29, 1.82) is 0 Å². The molecule has 1 aromatic rings. The van der Waals surface area contributed by atoms with E-state index in [4.69, 9.17) is 0 Å². The van der Waals surface area contributed by atoms with Crippen LogP contribution in [0.1, 0.15) is 31.2 Å². The highest BCUT2D eigenvalue weighted by Gasteiger charge is 2.19. The fraction of sp³-hybridized carbons (Fsp3) is 0.538. The van der Waals surface area contributed by atoms with Gasteiger partial charge in [0.15, 0.2) is 0 Å². The van der Waals surface area contributed by atoms with Gasteiger partial charge in [0.1, 0.15) is 0 Å². The van der Waals surface area contributed by atoms with E-state index in [-0.39, 0.29) is 11.9 Å². The zero-order valence-corrected chi connectivity index (χ0v) is 10.2. The molecule has 0 spiro atoms. The Kier molecular flexibility index (Phi) is 4.09. The summed E-state index contributed by atoms with van der Waals surface area (Å²) in [5, 5.41) is 6.26. The summed E-state index contributed by atoms with van der Waals surface area (Å²) in [6, 6.07) is 1.79. The van der Waals surface area contributed by atoms with Crippen LogP contribution in [-0.4, -0.2) is 23.5 Å². The van der Waals surface area contributed by atoms with Gasteiger partial charge in [-0.15, -0.1) is 0 Å². The van der Waals surface area contributed by atoms with Gasteiger partial charge in [-0.3, -0.25) is 9.78 Å². The minimum Gasteiger partial charge on any atom is -0.324 e. The molecule has 0 bridgehead atoms. The Hall–Kier alpha value is -1.42. The Bertz CT molecular complexity index is 384. The summed E-state index contributed by atoms with van der Waals surface area (Å²) in [6.07, 6.45) is 7.89. The maximum Gasteiger partial charge on any atom is 0.241 e. The molecule has 1 aliphatic heterocycles. The fourth-order valence-electron chi connectivity index (χ4n) is 2.09. The molecule has 1 fully saturated rings. The van der Waals surface area contributed by atoms with E-state index in [0.717, 1.165) is 37.1 Å². The van der Waals surface area contributed by atoms with E-state index in [1.54, 1.807) is 12.4 Å². The van der Waals surface area contributed by atoms with Crippen LogP contribution in [0.25, 0.3) is 0 Å². The number of amides is 1. The Morgan fingerprint density at radius 3 is 3.18 bits per heavy atom. The number of hydrogen-bond acceptors (Lipinski definition) is 3. The van der Waals surface area contributed by atoms with Crippen molar-refractivity contribution in [1.82, 2.24) is 10.3 Å². The number of nitrogens with one attached hydrogen (secondary N) is 2. The molecule has 1 unspecified atom stereocenters. The van der Waals surface area contributed by atoms with E-state index < -0.39 is 0 Å². The van der Waals surface area contributed by atoms with Gasteiger partial charge in [-0.2, -0.15) is 0 Å². The summed E-state index contributed by atoms with van der Waals surface area (Å²) >= 11 is 0. The average molecular weight is 233 g/mol. The summed E-state index contributed by atoms with van der Waals surface area (Å²) < 4.78 is 0. The first-order valence-electron chi connectivity index (χ1n) is 6.22. The van der Waals surface area contributed by atoms with Crippen LogP contribution in [0, 0.1) is 6.92 Å². The number of aromatic nitrogens is 1. The second-order valence-corrected chi connectivity index (χ2v) is 4.54. The number of aryl methyl sites for hydroxylation is 1. The van der Waals surface area contributed by atoms with Crippen LogP contribution in [0.15, 0.2) is 18.5 Å². The lowest BCUT2D eigenvalue weighted by molar-refractivity contribution is -0.118. The Labute approximate surface area is 102 Å². The molecule has 1 atom stereocenters. The molecular formula is C13H19N3O. The van der Waals surface area contributed by atoms with E-state index in [1.807, 2.05) is 13.0 Å². The van der Waals surface area contributed by atoms with Crippen molar-refractivity contribution in [3.05, 3.63) is 24.0 Å². The maximum absolute atomic E-state index is 12.1.